The van der Waals surface area contributed by atoms with Crippen molar-refractivity contribution in [2.75, 3.05) is 7.11 Å². The summed E-state index contributed by atoms with van der Waals surface area (Å²) in [5.74, 6) is 1.33. The van der Waals surface area contributed by atoms with E-state index in [1.54, 1.807) is 42.3 Å². The highest BCUT2D eigenvalue weighted by molar-refractivity contribution is 9.10. The minimum atomic E-state index is -0.197. The summed E-state index contributed by atoms with van der Waals surface area (Å²) in [6, 6.07) is 5.57. The van der Waals surface area contributed by atoms with Crippen LogP contribution in [0.1, 0.15) is 18.9 Å². The van der Waals surface area contributed by atoms with Gasteiger partial charge in [0.05, 0.1) is 11.6 Å². The van der Waals surface area contributed by atoms with Crippen molar-refractivity contribution in [1.82, 2.24) is 9.55 Å². The topological polar surface area (TPSA) is 53.4 Å². The number of nitrogens with zero attached hydrogens (tertiary/aromatic N) is 2. The van der Waals surface area contributed by atoms with Crippen LogP contribution in [-0.2, 0) is 0 Å². The summed E-state index contributed by atoms with van der Waals surface area (Å²) in [6.07, 6.45) is 5.37. The zero-order chi connectivity index (χ0) is 14.1. The molecule has 1 aromatic carbocycles. The number of aromatic nitrogens is 2. The Morgan fingerprint density at radius 2 is 2.20 bits per heavy atom. The highest BCUT2D eigenvalue weighted by Gasteiger charge is 2.25. The van der Waals surface area contributed by atoms with Crippen molar-refractivity contribution in [3.05, 3.63) is 45.4 Å². The lowest BCUT2D eigenvalue weighted by molar-refractivity contribution is 0.410. The van der Waals surface area contributed by atoms with Gasteiger partial charge >= 0.3 is 5.56 Å². The predicted octanol–water partition coefficient (Wildman–Crippen LogP) is 3.14. The van der Waals surface area contributed by atoms with Gasteiger partial charge in [0.25, 0.3) is 5.88 Å². The van der Waals surface area contributed by atoms with E-state index in [4.69, 9.17) is 9.47 Å². The average molecular weight is 337 g/mol. The van der Waals surface area contributed by atoms with E-state index in [-0.39, 0.29) is 11.4 Å². The summed E-state index contributed by atoms with van der Waals surface area (Å²) in [6.45, 7) is 0. The number of rotatable bonds is 4. The van der Waals surface area contributed by atoms with Crippen molar-refractivity contribution >= 4 is 15.9 Å². The maximum atomic E-state index is 12.2. The zero-order valence-corrected chi connectivity index (χ0v) is 12.5. The molecule has 1 aromatic heterocycles. The van der Waals surface area contributed by atoms with E-state index in [1.165, 1.54) is 0 Å². The van der Waals surface area contributed by atoms with E-state index < -0.39 is 0 Å². The molecule has 0 N–H and O–H groups in total. The van der Waals surface area contributed by atoms with Crippen molar-refractivity contribution in [1.29, 1.82) is 0 Å². The molecule has 104 valence electrons. The van der Waals surface area contributed by atoms with Crippen molar-refractivity contribution in [3.63, 3.8) is 0 Å². The van der Waals surface area contributed by atoms with Gasteiger partial charge in [0.15, 0.2) is 0 Å². The summed E-state index contributed by atoms with van der Waals surface area (Å²) in [5, 5.41) is 0. The molecule has 0 bridgehead atoms. The van der Waals surface area contributed by atoms with E-state index in [1.807, 2.05) is 0 Å². The van der Waals surface area contributed by atoms with Crippen molar-refractivity contribution in [3.8, 4) is 17.4 Å². The molecule has 3 rings (SSSR count). The normalized spacial score (nSPS) is 14.1. The first-order valence-electron chi connectivity index (χ1n) is 6.27. The van der Waals surface area contributed by atoms with Crippen LogP contribution in [0.5, 0.6) is 17.4 Å². The van der Waals surface area contributed by atoms with E-state index in [9.17, 15) is 4.79 Å². The van der Waals surface area contributed by atoms with Crippen molar-refractivity contribution in [2.24, 2.45) is 0 Å². The largest absolute Gasteiger partial charge is 0.497 e. The number of halogens is 1. The van der Waals surface area contributed by atoms with Crippen LogP contribution in [0, 0.1) is 0 Å². The van der Waals surface area contributed by atoms with Crippen LogP contribution < -0.4 is 15.0 Å². The number of methoxy groups -OCH3 is 1. The third-order valence-electron chi connectivity index (χ3n) is 3.12. The standard InChI is InChI=1S/C14H13BrN2O3/c1-19-10-4-5-12(11(15)8-10)20-13-14(18)17(7-6-16-13)9-2-3-9/h4-9H,2-3H2,1H3. The highest BCUT2D eigenvalue weighted by atomic mass is 79.9. The summed E-state index contributed by atoms with van der Waals surface area (Å²) >= 11 is 3.39. The molecular formula is C14H13BrN2O3. The smallest absolute Gasteiger partial charge is 0.313 e. The van der Waals surface area contributed by atoms with Crippen molar-refractivity contribution < 1.29 is 9.47 Å². The molecule has 0 aliphatic heterocycles. The molecule has 2 aromatic rings. The quantitative estimate of drug-likeness (QED) is 0.860. The monoisotopic (exact) mass is 336 g/mol. The van der Waals surface area contributed by atoms with E-state index >= 15 is 0 Å². The average Bonchev–Trinajstić information content (AvgIpc) is 3.27. The lowest BCUT2D eigenvalue weighted by Crippen LogP contribution is -2.20. The van der Waals surface area contributed by atoms with Crippen LogP contribution in [0.3, 0.4) is 0 Å². The van der Waals surface area contributed by atoms with Crippen LogP contribution in [-0.4, -0.2) is 16.7 Å². The Bertz CT molecular complexity index is 695. The number of hydrogen-bond donors (Lipinski definition) is 0. The molecule has 1 aliphatic rings. The minimum Gasteiger partial charge on any atom is -0.497 e. The Balaban J connectivity index is 1.91. The second kappa shape index (κ2) is 5.28. The number of hydrogen-bond acceptors (Lipinski definition) is 4. The molecule has 5 nitrogen and oxygen atoms in total. The van der Waals surface area contributed by atoms with E-state index in [0.717, 1.165) is 12.8 Å². The van der Waals surface area contributed by atoms with Gasteiger partial charge in [-0.05, 0) is 47.0 Å². The van der Waals surface area contributed by atoms with Crippen molar-refractivity contribution in [2.45, 2.75) is 18.9 Å². The highest BCUT2D eigenvalue weighted by Crippen LogP contribution is 2.34. The molecule has 0 atom stereocenters. The molecule has 0 radical (unpaired) electrons. The fraction of sp³-hybridized carbons (Fsp3) is 0.286. The first-order chi connectivity index (χ1) is 9.69. The van der Waals surface area contributed by atoms with Gasteiger partial charge in [-0.2, -0.15) is 0 Å². The predicted molar refractivity (Wildman–Crippen MR) is 77.5 cm³/mol. The molecule has 0 amide bonds. The molecule has 1 fully saturated rings. The SMILES string of the molecule is COc1ccc(Oc2nccn(C3CC3)c2=O)c(Br)c1. The Kier molecular flexibility index (Phi) is 3.48. The van der Waals surface area contributed by atoms with Crippen LogP contribution >= 0.6 is 15.9 Å². The summed E-state index contributed by atoms with van der Waals surface area (Å²) in [4.78, 5) is 16.2. The first-order valence-corrected chi connectivity index (χ1v) is 7.07. The first kappa shape index (κ1) is 13.2. The molecule has 0 saturated heterocycles. The maximum absolute atomic E-state index is 12.2. The summed E-state index contributed by atoms with van der Waals surface area (Å²) in [5.41, 5.74) is -0.197. The maximum Gasteiger partial charge on any atom is 0.313 e. The number of benzene rings is 1. The van der Waals surface area contributed by atoms with Gasteiger partial charge in [0.1, 0.15) is 11.5 Å². The molecule has 0 unspecified atom stereocenters. The third-order valence-corrected chi connectivity index (χ3v) is 3.74. The van der Waals surface area contributed by atoms with Gasteiger partial charge in [-0.3, -0.25) is 4.79 Å². The summed E-state index contributed by atoms with van der Waals surface area (Å²) in [7, 11) is 1.59. The Labute approximate surface area is 124 Å². The molecule has 1 heterocycles. The molecule has 6 heteroatoms. The lowest BCUT2D eigenvalue weighted by Gasteiger charge is -2.09. The molecule has 20 heavy (non-hydrogen) atoms. The van der Waals surface area contributed by atoms with E-state index in [2.05, 4.69) is 20.9 Å². The van der Waals surface area contributed by atoms with Crippen LogP contribution in [0.25, 0.3) is 0 Å². The van der Waals surface area contributed by atoms with E-state index in [0.29, 0.717) is 22.0 Å². The van der Waals surface area contributed by atoms with Gasteiger partial charge < -0.3 is 14.0 Å². The molecule has 1 aliphatic carbocycles. The summed E-state index contributed by atoms with van der Waals surface area (Å²) < 4.78 is 13.1. The fourth-order valence-electron chi connectivity index (χ4n) is 1.91. The van der Waals surface area contributed by atoms with Gasteiger partial charge in [-0.1, -0.05) is 0 Å². The second-order valence-corrected chi connectivity index (χ2v) is 5.43. The Hall–Kier alpha value is -1.82. The second-order valence-electron chi connectivity index (χ2n) is 4.57. The van der Waals surface area contributed by atoms with Gasteiger partial charge in [0, 0.05) is 18.4 Å². The van der Waals surface area contributed by atoms with Gasteiger partial charge in [0.2, 0.25) is 0 Å². The van der Waals surface area contributed by atoms with Crippen LogP contribution in [0.4, 0.5) is 0 Å². The molecule has 1 saturated carbocycles. The molecule has 0 spiro atoms. The number of ether oxygens (including phenoxy) is 2. The lowest BCUT2D eigenvalue weighted by atomic mass is 10.3. The van der Waals surface area contributed by atoms with Crippen LogP contribution in [0.2, 0.25) is 0 Å². The fourth-order valence-corrected chi connectivity index (χ4v) is 2.35. The third kappa shape index (κ3) is 2.56. The Morgan fingerprint density at radius 3 is 2.85 bits per heavy atom. The zero-order valence-electron chi connectivity index (χ0n) is 10.9. The molecular weight excluding hydrogens is 324 g/mol. The van der Waals surface area contributed by atoms with Gasteiger partial charge in [-0.15, -0.1) is 0 Å². The minimum absolute atomic E-state index is 0.0882. The van der Waals surface area contributed by atoms with Crippen LogP contribution in [0.15, 0.2) is 39.9 Å². The van der Waals surface area contributed by atoms with Gasteiger partial charge in [-0.25, -0.2) is 4.98 Å². The Morgan fingerprint density at radius 1 is 1.40 bits per heavy atom.